The number of nitrogens with one attached hydrogen (secondary N) is 1. The number of nitrogens with two attached hydrogens (primary N) is 2. The van der Waals surface area contributed by atoms with Crippen molar-refractivity contribution in [3.05, 3.63) is 18.2 Å². The van der Waals surface area contributed by atoms with E-state index in [0.717, 1.165) is 19.3 Å². The molecule has 7 nitrogen and oxygen atoms in total. The highest BCUT2D eigenvalue weighted by atomic mass is 35.5. The first kappa shape index (κ1) is 20.1. The van der Waals surface area contributed by atoms with Crippen LogP contribution in [0.15, 0.2) is 18.2 Å². The Kier molecular flexibility index (Phi) is 7.81. The Hall–Kier alpha value is -1.99. The maximum Gasteiger partial charge on any atom is 0.255 e. The number of carbonyl (C=O) groups is 2. The standard InChI is InChI=1S/C16H23N3O4.ClH/c1-22-13-6-5-12(8-14(13)23-9-15(18)20)19-16(21)10-3-2-4-11(17)7-10;/h5-6,8,10-11H,2-4,7,9,17H2,1H3,(H2,18,20)(H,19,21);1H. The summed E-state index contributed by atoms with van der Waals surface area (Å²) in [7, 11) is 1.49. The summed E-state index contributed by atoms with van der Waals surface area (Å²) < 4.78 is 10.5. The van der Waals surface area contributed by atoms with Crippen LogP contribution in [0.3, 0.4) is 0 Å². The van der Waals surface area contributed by atoms with Crippen LogP contribution in [0.25, 0.3) is 0 Å². The molecule has 0 aliphatic heterocycles. The van der Waals surface area contributed by atoms with Crippen LogP contribution in [0.2, 0.25) is 0 Å². The number of carbonyl (C=O) groups excluding carboxylic acids is 2. The number of halogens is 1. The number of hydrogen-bond acceptors (Lipinski definition) is 5. The van der Waals surface area contributed by atoms with E-state index in [4.69, 9.17) is 20.9 Å². The van der Waals surface area contributed by atoms with E-state index in [1.165, 1.54) is 7.11 Å². The Morgan fingerprint density at radius 2 is 2.04 bits per heavy atom. The van der Waals surface area contributed by atoms with Gasteiger partial charge in [0.05, 0.1) is 7.11 Å². The van der Waals surface area contributed by atoms with Crippen molar-refractivity contribution >= 4 is 29.9 Å². The first-order valence-corrected chi connectivity index (χ1v) is 7.65. The van der Waals surface area contributed by atoms with Crippen LogP contribution in [0.4, 0.5) is 5.69 Å². The molecule has 0 heterocycles. The number of ether oxygens (including phenoxy) is 2. The second kappa shape index (κ2) is 9.34. The Bertz CT molecular complexity index is 582. The Balaban J connectivity index is 0.00000288. The minimum Gasteiger partial charge on any atom is -0.493 e. The topological polar surface area (TPSA) is 117 Å². The smallest absolute Gasteiger partial charge is 0.255 e. The summed E-state index contributed by atoms with van der Waals surface area (Å²) in [6.45, 7) is -0.259. The monoisotopic (exact) mass is 357 g/mol. The van der Waals surface area contributed by atoms with Crippen molar-refractivity contribution < 1.29 is 19.1 Å². The van der Waals surface area contributed by atoms with Gasteiger partial charge in [0.1, 0.15) is 0 Å². The average molecular weight is 358 g/mol. The Labute approximate surface area is 147 Å². The fraction of sp³-hybridized carbons (Fsp3) is 0.500. The number of anilines is 1. The van der Waals surface area contributed by atoms with Gasteiger partial charge in [0.15, 0.2) is 18.1 Å². The number of rotatable bonds is 6. The lowest BCUT2D eigenvalue weighted by atomic mass is 9.85. The average Bonchev–Trinajstić information content (AvgIpc) is 2.53. The molecule has 0 radical (unpaired) electrons. The van der Waals surface area contributed by atoms with Gasteiger partial charge in [-0.15, -0.1) is 12.4 Å². The van der Waals surface area contributed by atoms with Crippen LogP contribution in [0.5, 0.6) is 11.5 Å². The van der Waals surface area contributed by atoms with Crippen molar-refractivity contribution in [1.29, 1.82) is 0 Å². The minimum atomic E-state index is -0.585. The maximum absolute atomic E-state index is 12.3. The van der Waals surface area contributed by atoms with Crippen LogP contribution >= 0.6 is 12.4 Å². The highest BCUT2D eigenvalue weighted by Gasteiger charge is 2.25. The van der Waals surface area contributed by atoms with Crippen LogP contribution in [-0.2, 0) is 9.59 Å². The SMILES string of the molecule is COc1ccc(NC(=O)C2CCCC(N)C2)cc1OCC(N)=O.Cl. The molecular weight excluding hydrogens is 334 g/mol. The van der Waals surface area contributed by atoms with E-state index < -0.39 is 5.91 Å². The maximum atomic E-state index is 12.3. The lowest BCUT2D eigenvalue weighted by Crippen LogP contribution is -2.34. The molecule has 5 N–H and O–H groups in total. The van der Waals surface area contributed by atoms with E-state index in [-0.39, 0.29) is 36.9 Å². The first-order valence-electron chi connectivity index (χ1n) is 7.65. The molecule has 2 amide bonds. The minimum absolute atomic E-state index is 0. The molecule has 2 unspecified atom stereocenters. The molecule has 0 saturated heterocycles. The van der Waals surface area contributed by atoms with Crippen molar-refractivity contribution in [3.63, 3.8) is 0 Å². The molecule has 1 aliphatic carbocycles. The van der Waals surface area contributed by atoms with Gasteiger partial charge in [-0.25, -0.2) is 0 Å². The van der Waals surface area contributed by atoms with Crippen LogP contribution in [0.1, 0.15) is 25.7 Å². The van der Waals surface area contributed by atoms with E-state index in [1.807, 2.05) is 0 Å². The third kappa shape index (κ3) is 5.58. The number of methoxy groups -OCH3 is 1. The van der Waals surface area contributed by atoms with Gasteiger partial charge in [-0.05, 0) is 31.4 Å². The lowest BCUT2D eigenvalue weighted by Gasteiger charge is -2.25. The molecular formula is C16H24ClN3O4. The Morgan fingerprint density at radius 3 is 2.67 bits per heavy atom. The van der Waals surface area contributed by atoms with Gasteiger partial charge in [-0.1, -0.05) is 6.42 Å². The molecule has 2 atom stereocenters. The largest absolute Gasteiger partial charge is 0.493 e. The summed E-state index contributed by atoms with van der Waals surface area (Å²) in [5.74, 6) is 0.105. The van der Waals surface area contributed by atoms with Gasteiger partial charge in [0.2, 0.25) is 5.91 Å². The number of hydrogen-bond donors (Lipinski definition) is 3. The van der Waals surface area contributed by atoms with Crippen molar-refractivity contribution in [2.75, 3.05) is 19.0 Å². The number of primary amides is 1. The predicted octanol–water partition coefficient (Wildman–Crippen LogP) is 1.44. The van der Waals surface area contributed by atoms with Crippen LogP contribution in [0, 0.1) is 5.92 Å². The van der Waals surface area contributed by atoms with Gasteiger partial charge >= 0.3 is 0 Å². The zero-order valence-electron chi connectivity index (χ0n) is 13.6. The van der Waals surface area contributed by atoms with Gasteiger partial charge in [-0.3, -0.25) is 9.59 Å². The second-order valence-electron chi connectivity index (χ2n) is 5.73. The predicted molar refractivity (Wildman–Crippen MR) is 93.5 cm³/mol. The van der Waals surface area contributed by atoms with E-state index in [0.29, 0.717) is 23.6 Å². The van der Waals surface area contributed by atoms with Crippen LogP contribution < -0.4 is 26.3 Å². The molecule has 0 bridgehead atoms. The number of benzene rings is 1. The summed E-state index contributed by atoms with van der Waals surface area (Å²) in [5.41, 5.74) is 11.6. The van der Waals surface area contributed by atoms with Gasteiger partial charge in [0, 0.05) is 23.7 Å². The third-order valence-electron chi connectivity index (χ3n) is 3.89. The van der Waals surface area contributed by atoms with Gasteiger partial charge in [0.25, 0.3) is 5.91 Å². The van der Waals surface area contributed by atoms with Crippen molar-refractivity contribution in [2.45, 2.75) is 31.7 Å². The Morgan fingerprint density at radius 1 is 1.29 bits per heavy atom. The summed E-state index contributed by atoms with van der Waals surface area (Å²) in [6, 6.07) is 5.09. The highest BCUT2D eigenvalue weighted by molar-refractivity contribution is 5.93. The lowest BCUT2D eigenvalue weighted by molar-refractivity contribution is -0.121. The van der Waals surface area contributed by atoms with Gasteiger partial charge < -0.3 is 26.3 Å². The first-order chi connectivity index (χ1) is 11.0. The van der Waals surface area contributed by atoms with Crippen LogP contribution in [-0.4, -0.2) is 31.6 Å². The summed E-state index contributed by atoms with van der Waals surface area (Å²) >= 11 is 0. The molecule has 2 rings (SSSR count). The normalized spacial score (nSPS) is 19.8. The van der Waals surface area contributed by atoms with Crippen molar-refractivity contribution in [1.82, 2.24) is 0 Å². The fourth-order valence-electron chi connectivity index (χ4n) is 2.73. The van der Waals surface area contributed by atoms with Crippen molar-refractivity contribution in [3.8, 4) is 11.5 Å². The van der Waals surface area contributed by atoms with E-state index in [9.17, 15) is 9.59 Å². The van der Waals surface area contributed by atoms with E-state index in [2.05, 4.69) is 5.32 Å². The quantitative estimate of drug-likeness (QED) is 0.712. The molecule has 1 saturated carbocycles. The van der Waals surface area contributed by atoms with E-state index >= 15 is 0 Å². The molecule has 1 aromatic rings. The molecule has 1 aliphatic rings. The molecule has 1 fully saturated rings. The number of amides is 2. The molecule has 0 aromatic heterocycles. The highest BCUT2D eigenvalue weighted by Crippen LogP contribution is 2.31. The van der Waals surface area contributed by atoms with Crippen molar-refractivity contribution in [2.24, 2.45) is 17.4 Å². The molecule has 1 aromatic carbocycles. The molecule has 24 heavy (non-hydrogen) atoms. The summed E-state index contributed by atoms with van der Waals surface area (Å²) in [6.07, 6.45) is 3.49. The van der Waals surface area contributed by atoms with E-state index in [1.54, 1.807) is 18.2 Å². The zero-order valence-corrected chi connectivity index (χ0v) is 14.4. The molecule has 134 valence electrons. The fourth-order valence-corrected chi connectivity index (χ4v) is 2.73. The second-order valence-corrected chi connectivity index (χ2v) is 5.73. The molecule has 0 spiro atoms. The molecule has 8 heteroatoms. The third-order valence-corrected chi connectivity index (χ3v) is 3.89. The summed E-state index contributed by atoms with van der Waals surface area (Å²) in [5, 5.41) is 2.87. The van der Waals surface area contributed by atoms with Gasteiger partial charge in [-0.2, -0.15) is 0 Å². The zero-order chi connectivity index (χ0) is 16.8. The summed E-state index contributed by atoms with van der Waals surface area (Å²) in [4.78, 5) is 23.2.